The van der Waals surface area contributed by atoms with Crippen molar-refractivity contribution in [2.45, 2.75) is 91.5 Å². The first-order chi connectivity index (χ1) is 17.0. The van der Waals surface area contributed by atoms with Crippen molar-refractivity contribution in [2.75, 3.05) is 20.3 Å². The fraction of sp³-hybridized carbons (Fsp3) is 0.714. The lowest BCUT2D eigenvalue weighted by Gasteiger charge is -2.31. The van der Waals surface area contributed by atoms with E-state index in [9.17, 15) is 15.0 Å². The summed E-state index contributed by atoms with van der Waals surface area (Å²) in [6, 6.07) is 5.34. The van der Waals surface area contributed by atoms with Gasteiger partial charge < -0.3 is 26.0 Å². The minimum Gasteiger partial charge on any atom is -0.390 e. The number of methoxy groups -OCH3 is 1. The van der Waals surface area contributed by atoms with Crippen molar-refractivity contribution in [1.82, 2.24) is 15.1 Å². The van der Waals surface area contributed by atoms with Crippen molar-refractivity contribution < 1.29 is 19.7 Å². The van der Waals surface area contributed by atoms with Crippen LogP contribution in [0.15, 0.2) is 24.4 Å². The van der Waals surface area contributed by atoms with Gasteiger partial charge in [0.1, 0.15) is 0 Å². The van der Waals surface area contributed by atoms with E-state index in [1.165, 1.54) is 0 Å². The van der Waals surface area contributed by atoms with Crippen LogP contribution >= 0.6 is 0 Å². The van der Waals surface area contributed by atoms with Crippen LogP contribution < -0.4 is 11.1 Å². The summed E-state index contributed by atoms with van der Waals surface area (Å²) < 4.78 is 7.09. The Morgan fingerprint density at radius 1 is 1.25 bits per heavy atom. The standard InChI is InChI=1S/C28H48N4O4/c1-7-8-12-28(4,5)27(35)30-18-25(33)23(29)16-22(19(2)3)26(34)20-10-11-21-17-31-32(24(21)15-20)13-9-14-36-6/h10-11,15,17,19,22-23,25-26,33-34H,7-9,12-14,16,18,29H2,1-6H3,(H,30,35). The first-order valence-corrected chi connectivity index (χ1v) is 13.4. The summed E-state index contributed by atoms with van der Waals surface area (Å²) in [5.41, 5.74) is 7.68. The minimum absolute atomic E-state index is 0.0712. The van der Waals surface area contributed by atoms with Crippen molar-refractivity contribution >= 4 is 16.8 Å². The number of unbranched alkanes of at least 4 members (excludes halogenated alkanes) is 1. The molecule has 1 aromatic carbocycles. The number of benzene rings is 1. The molecular weight excluding hydrogens is 456 g/mol. The SMILES string of the molecule is CCCCC(C)(C)C(=O)NCC(O)C(N)CC(C(C)C)C(O)c1ccc2cnn(CCCOC)c2c1. The summed E-state index contributed by atoms with van der Waals surface area (Å²) in [7, 11) is 1.69. The smallest absolute Gasteiger partial charge is 0.225 e. The second-order valence-corrected chi connectivity index (χ2v) is 11.0. The van der Waals surface area contributed by atoms with Gasteiger partial charge in [-0.2, -0.15) is 5.10 Å². The number of rotatable bonds is 16. The van der Waals surface area contributed by atoms with Crippen LogP contribution in [0, 0.1) is 17.3 Å². The van der Waals surface area contributed by atoms with Gasteiger partial charge in [0.25, 0.3) is 0 Å². The molecule has 0 bridgehead atoms. The predicted octanol–water partition coefficient (Wildman–Crippen LogP) is 3.79. The summed E-state index contributed by atoms with van der Waals surface area (Å²) in [6.07, 6.45) is 4.31. The molecule has 4 atom stereocenters. The van der Waals surface area contributed by atoms with Crippen molar-refractivity contribution in [3.05, 3.63) is 30.0 Å². The lowest BCUT2D eigenvalue weighted by atomic mass is 9.81. The number of carbonyl (C=O) groups is 1. The van der Waals surface area contributed by atoms with Gasteiger partial charge in [-0.25, -0.2) is 0 Å². The quantitative estimate of drug-likeness (QED) is 0.258. The van der Waals surface area contributed by atoms with E-state index in [0.717, 1.165) is 48.7 Å². The molecule has 0 aliphatic heterocycles. The first-order valence-electron chi connectivity index (χ1n) is 13.4. The Bertz CT molecular complexity index is 943. The predicted molar refractivity (Wildman–Crippen MR) is 144 cm³/mol. The van der Waals surface area contributed by atoms with Crippen LogP contribution in [0.25, 0.3) is 10.9 Å². The molecule has 1 amide bonds. The molecular formula is C28H48N4O4. The Kier molecular flexibility index (Phi) is 11.8. The minimum atomic E-state index is -0.894. The molecule has 4 unspecified atom stereocenters. The van der Waals surface area contributed by atoms with Gasteiger partial charge in [-0.3, -0.25) is 9.48 Å². The zero-order chi connectivity index (χ0) is 26.9. The summed E-state index contributed by atoms with van der Waals surface area (Å²) in [5, 5.41) is 30.4. The van der Waals surface area contributed by atoms with E-state index in [-0.39, 0.29) is 24.3 Å². The van der Waals surface area contributed by atoms with Crippen LogP contribution in [-0.4, -0.2) is 58.3 Å². The van der Waals surface area contributed by atoms with Gasteiger partial charge in [-0.1, -0.05) is 59.6 Å². The van der Waals surface area contributed by atoms with Crippen molar-refractivity contribution in [3.8, 4) is 0 Å². The molecule has 0 aliphatic rings. The highest BCUT2D eigenvalue weighted by Gasteiger charge is 2.31. The molecule has 0 saturated carbocycles. The molecule has 1 heterocycles. The number of nitrogens with two attached hydrogens (primary N) is 1. The largest absolute Gasteiger partial charge is 0.390 e. The van der Waals surface area contributed by atoms with E-state index in [4.69, 9.17) is 10.5 Å². The number of aliphatic hydroxyl groups excluding tert-OH is 2. The molecule has 1 aromatic heterocycles. The average molecular weight is 505 g/mol. The van der Waals surface area contributed by atoms with Crippen LogP contribution in [0.4, 0.5) is 0 Å². The number of hydrogen-bond acceptors (Lipinski definition) is 6. The number of fused-ring (bicyclic) bond motifs is 1. The van der Waals surface area contributed by atoms with E-state index in [0.29, 0.717) is 13.0 Å². The maximum atomic E-state index is 12.6. The Morgan fingerprint density at radius 3 is 2.61 bits per heavy atom. The number of aromatic nitrogens is 2. The van der Waals surface area contributed by atoms with Gasteiger partial charge in [0, 0.05) is 43.6 Å². The third-order valence-corrected chi connectivity index (χ3v) is 7.27. The topological polar surface area (TPSA) is 123 Å². The number of ether oxygens (including phenoxy) is 1. The van der Waals surface area contributed by atoms with Crippen LogP contribution in [0.3, 0.4) is 0 Å². The number of carbonyl (C=O) groups excluding carboxylic acids is 1. The molecule has 36 heavy (non-hydrogen) atoms. The number of aryl methyl sites for hydroxylation is 1. The van der Waals surface area contributed by atoms with Gasteiger partial charge in [-0.05, 0) is 42.7 Å². The molecule has 204 valence electrons. The molecule has 8 nitrogen and oxygen atoms in total. The number of hydrogen-bond donors (Lipinski definition) is 4. The van der Waals surface area contributed by atoms with Gasteiger partial charge in [0.2, 0.25) is 5.91 Å². The van der Waals surface area contributed by atoms with Crippen LogP contribution in [0.5, 0.6) is 0 Å². The fourth-order valence-electron chi connectivity index (χ4n) is 4.61. The van der Waals surface area contributed by atoms with Crippen LogP contribution in [-0.2, 0) is 16.1 Å². The van der Waals surface area contributed by atoms with Crippen molar-refractivity contribution in [2.24, 2.45) is 23.0 Å². The Morgan fingerprint density at radius 2 is 1.97 bits per heavy atom. The van der Waals surface area contributed by atoms with Crippen molar-refractivity contribution in [3.63, 3.8) is 0 Å². The molecule has 5 N–H and O–H groups in total. The highest BCUT2D eigenvalue weighted by molar-refractivity contribution is 5.81. The Balaban J connectivity index is 2.05. The maximum Gasteiger partial charge on any atom is 0.225 e. The van der Waals surface area contributed by atoms with E-state index < -0.39 is 23.7 Å². The normalized spacial score (nSPS) is 15.7. The molecule has 0 saturated heterocycles. The maximum absolute atomic E-state index is 12.6. The highest BCUT2D eigenvalue weighted by atomic mass is 16.5. The van der Waals surface area contributed by atoms with E-state index >= 15 is 0 Å². The van der Waals surface area contributed by atoms with Crippen molar-refractivity contribution in [1.29, 1.82) is 0 Å². The Hall–Kier alpha value is -2.00. The average Bonchev–Trinajstić information content (AvgIpc) is 3.25. The number of nitrogens with zero attached hydrogens (tertiary/aromatic N) is 2. The summed E-state index contributed by atoms with van der Waals surface area (Å²) >= 11 is 0. The number of aliphatic hydroxyl groups is 2. The molecule has 2 rings (SSSR count). The Labute approximate surface area is 216 Å². The molecule has 2 aromatic rings. The zero-order valence-corrected chi connectivity index (χ0v) is 23.0. The second-order valence-electron chi connectivity index (χ2n) is 11.0. The summed E-state index contributed by atoms with van der Waals surface area (Å²) in [6.45, 7) is 11.6. The number of nitrogens with one attached hydrogen (secondary N) is 1. The molecule has 0 fully saturated rings. The molecule has 0 spiro atoms. The zero-order valence-electron chi connectivity index (χ0n) is 23.0. The highest BCUT2D eigenvalue weighted by Crippen LogP contribution is 2.33. The van der Waals surface area contributed by atoms with Crippen LogP contribution in [0.1, 0.15) is 78.4 Å². The third kappa shape index (κ3) is 8.26. The van der Waals surface area contributed by atoms with Crippen LogP contribution in [0.2, 0.25) is 0 Å². The fourth-order valence-corrected chi connectivity index (χ4v) is 4.61. The molecule has 0 radical (unpaired) electrons. The monoisotopic (exact) mass is 504 g/mol. The van der Waals surface area contributed by atoms with E-state index in [1.54, 1.807) is 7.11 Å². The lowest BCUT2D eigenvalue weighted by Crippen LogP contribution is -2.47. The van der Waals surface area contributed by atoms with E-state index in [2.05, 4.69) is 31.2 Å². The molecule has 0 aliphatic carbocycles. The second kappa shape index (κ2) is 14.1. The first kappa shape index (κ1) is 30.2. The van der Waals surface area contributed by atoms with Gasteiger partial charge in [-0.15, -0.1) is 0 Å². The van der Waals surface area contributed by atoms with Gasteiger partial charge in [0.15, 0.2) is 0 Å². The third-order valence-electron chi connectivity index (χ3n) is 7.27. The number of amides is 1. The molecule has 8 heteroatoms. The lowest BCUT2D eigenvalue weighted by molar-refractivity contribution is -0.130. The summed E-state index contributed by atoms with van der Waals surface area (Å²) in [4.78, 5) is 12.6. The van der Waals surface area contributed by atoms with Gasteiger partial charge in [0.05, 0.1) is 23.9 Å². The summed E-state index contributed by atoms with van der Waals surface area (Å²) in [5.74, 6) is -0.0881. The van der Waals surface area contributed by atoms with Gasteiger partial charge >= 0.3 is 0 Å². The van der Waals surface area contributed by atoms with E-state index in [1.807, 2.05) is 42.9 Å².